The molecule has 2 aromatic rings. The Kier molecular flexibility index (Phi) is 5.89. The Morgan fingerprint density at radius 1 is 1.10 bits per heavy atom. The van der Waals surface area contributed by atoms with E-state index in [0.717, 1.165) is 36.1 Å². The van der Waals surface area contributed by atoms with Crippen molar-refractivity contribution in [2.24, 2.45) is 10.9 Å². The molecule has 1 heterocycles. The fourth-order valence-corrected chi connectivity index (χ4v) is 4.21. The number of hydrogen-bond donors (Lipinski definition) is 1. The number of fused-ring (bicyclic) bond motifs is 1. The maximum Gasteiger partial charge on any atom is 0.245 e. The van der Waals surface area contributed by atoms with Crippen molar-refractivity contribution in [3.05, 3.63) is 64.7 Å². The molecule has 1 atom stereocenters. The molecule has 0 spiro atoms. The average Bonchev–Trinajstić information content (AvgIpc) is 2.82. The fourth-order valence-electron chi connectivity index (χ4n) is 4.04. The van der Waals surface area contributed by atoms with E-state index in [2.05, 4.69) is 5.32 Å². The Hall–Kier alpha value is -2.66. The number of benzodiazepines with no additional fused rings is 1. The van der Waals surface area contributed by atoms with Crippen molar-refractivity contribution < 1.29 is 9.59 Å². The number of benzene rings is 2. The van der Waals surface area contributed by atoms with Gasteiger partial charge in [-0.15, -0.1) is 0 Å². The summed E-state index contributed by atoms with van der Waals surface area (Å²) in [6.07, 6.45) is 2.76. The van der Waals surface area contributed by atoms with Crippen LogP contribution in [0.5, 0.6) is 0 Å². The molecule has 1 N–H and O–H groups in total. The lowest BCUT2D eigenvalue weighted by Crippen LogP contribution is -2.56. The van der Waals surface area contributed by atoms with Gasteiger partial charge < -0.3 is 5.32 Å². The van der Waals surface area contributed by atoms with Crippen molar-refractivity contribution in [2.45, 2.75) is 51.6 Å². The molecule has 5 nitrogen and oxygen atoms in total. The van der Waals surface area contributed by atoms with Gasteiger partial charge >= 0.3 is 0 Å². The zero-order valence-electron chi connectivity index (χ0n) is 18.2. The molecule has 1 aliphatic carbocycles. The number of anilines is 1. The first-order valence-electron chi connectivity index (χ1n) is 10.8. The van der Waals surface area contributed by atoms with E-state index in [0.29, 0.717) is 10.7 Å². The van der Waals surface area contributed by atoms with E-state index >= 15 is 0 Å². The molecule has 2 aliphatic rings. The van der Waals surface area contributed by atoms with Crippen LogP contribution in [0.2, 0.25) is 5.02 Å². The Morgan fingerprint density at radius 2 is 1.81 bits per heavy atom. The van der Waals surface area contributed by atoms with Crippen LogP contribution in [0, 0.1) is 5.92 Å². The largest absolute Gasteiger partial charge is 0.350 e. The third-order valence-corrected chi connectivity index (χ3v) is 5.98. The zero-order chi connectivity index (χ0) is 22.2. The lowest BCUT2D eigenvalue weighted by molar-refractivity contribution is -0.130. The van der Waals surface area contributed by atoms with Crippen LogP contribution >= 0.6 is 11.6 Å². The summed E-state index contributed by atoms with van der Waals surface area (Å²) in [7, 11) is 0. The molecule has 1 saturated carbocycles. The molecule has 6 heteroatoms. The third kappa shape index (κ3) is 4.52. The minimum atomic E-state index is -0.714. The Balaban J connectivity index is 1.86. The second-order valence-corrected chi connectivity index (χ2v) is 9.74. The van der Waals surface area contributed by atoms with Crippen LogP contribution in [0.3, 0.4) is 0 Å². The number of nitrogens with zero attached hydrogens (tertiary/aromatic N) is 2. The minimum Gasteiger partial charge on any atom is -0.350 e. The molecule has 1 fully saturated rings. The second kappa shape index (κ2) is 8.46. The summed E-state index contributed by atoms with van der Waals surface area (Å²) < 4.78 is 0. The number of carbonyl (C=O) groups is 2. The first-order valence-corrected chi connectivity index (χ1v) is 11.2. The van der Waals surface area contributed by atoms with Crippen molar-refractivity contribution in [2.75, 3.05) is 11.4 Å². The number of halogens is 1. The van der Waals surface area contributed by atoms with E-state index in [1.54, 1.807) is 11.0 Å². The summed E-state index contributed by atoms with van der Waals surface area (Å²) in [5, 5.41) is 3.61. The molecule has 4 rings (SSSR count). The van der Waals surface area contributed by atoms with E-state index in [1.165, 1.54) is 0 Å². The smallest absolute Gasteiger partial charge is 0.245 e. The van der Waals surface area contributed by atoms with Crippen molar-refractivity contribution >= 4 is 34.8 Å². The second-order valence-electron chi connectivity index (χ2n) is 9.31. The first kappa shape index (κ1) is 21.6. The molecule has 0 radical (unpaired) electrons. The topological polar surface area (TPSA) is 61.8 Å². The molecule has 31 heavy (non-hydrogen) atoms. The standard InChI is InChI=1S/C25H28ClN3O2/c1-25(2,3)28-23(30)21-15-27-22(16-8-5-4-6-9-16)19-14-18(26)12-13-20(19)29(21)24(31)17-10-7-11-17/h4-6,8-9,12-14,17,21H,7,10-11,15H2,1-3H3,(H,28,30). The quantitative estimate of drug-likeness (QED) is 0.762. The van der Waals surface area contributed by atoms with E-state index < -0.39 is 11.6 Å². The van der Waals surface area contributed by atoms with Gasteiger partial charge in [-0.25, -0.2) is 0 Å². The molecular weight excluding hydrogens is 410 g/mol. The normalized spacial score (nSPS) is 19.0. The van der Waals surface area contributed by atoms with Gasteiger partial charge in [0.15, 0.2) is 0 Å². The summed E-state index contributed by atoms with van der Waals surface area (Å²) in [5.74, 6) is -0.251. The molecule has 162 valence electrons. The molecule has 0 saturated heterocycles. The van der Waals surface area contributed by atoms with Gasteiger partial charge in [-0.2, -0.15) is 0 Å². The highest BCUT2D eigenvalue weighted by molar-refractivity contribution is 6.32. The van der Waals surface area contributed by atoms with Crippen LogP contribution in [0.25, 0.3) is 0 Å². The SMILES string of the molecule is CC(C)(C)NC(=O)C1CN=C(c2ccccc2)c2cc(Cl)ccc2N1C(=O)C1CCC1. The average molecular weight is 438 g/mol. The lowest BCUT2D eigenvalue weighted by Gasteiger charge is -2.36. The molecule has 0 bridgehead atoms. The highest BCUT2D eigenvalue weighted by Gasteiger charge is 2.40. The molecule has 1 unspecified atom stereocenters. The maximum absolute atomic E-state index is 13.6. The van der Waals surface area contributed by atoms with E-state index in [4.69, 9.17) is 16.6 Å². The summed E-state index contributed by atoms with van der Waals surface area (Å²) >= 11 is 6.36. The maximum atomic E-state index is 13.6. The van der Waals surface area contributed by atoms with E-state index in [-0.39, 0.29) is 24.3 Å². The third-order valence-electron chi connectivity index (χ3n) is 5.75. The molecule has 1 aliphatic heterocycles. The fraction of sp³-hybridized carbons (Fsp3) is 0.400. The summed E-state index contributed by atoms with van der Waals surface area (Å²) in [6, 6.07) is 14.6. The van der Waals surface area contributed by atoms with Gasteiger partial charge in [-0.1, -0.05) is 48.4 Å². The molecule has 2 aromatic carbocycles. The van der Waals surface area contributed by atoms with E-state index in [9.17, 15) is 9.59 Å². The van der Waals surface area contributed by atoms with E-state index in [1.807, 2.05) is 63.2 Å². The van der Waals surface area contributed by atoms with Gasteiger partial charge in [0.1, 0.15) is 6.04 Å². The monoisotopic (exact) mass is 437 g/mol. The highest BCUT2D eigenvalue weighted by atomic mass is 35.5. The number of rotatable bonds is 3. The summed E-state index contributed by atoms with van der Waals surface area (Å²) in [5.41, 5.74) is 2.73. The van der Waals surface area contributed by atoms with Crippen molar-refractivity contribution in [1.82, 2.24) is 5.32 Å². The number of hydrogen-bond acceptors (Lipinski definition) is 3. The predicted octanol–water partition coefficient (Wildman–Crippen LogP) is 4.61. The number of nitrogens with one attached hydrogen (secondary N) is 1. The minimum absolute atomic E-state index is 0.00612. The Bertz CT molecular complexity index is 1020. The van der Waals surface area contributed by atoms with Crippen LogP contribution in [-0.2, 0) is 9.59 Å². The van der Waals surface area contributed by atoms with Gasteiger partial charge in [0.2, 0.25) is 11.8 Å². The molecule has 2 amide bonds. The molecular formula is C25H28ClN3O2. The van der Waals surface area contributed by atoms with Crippen LogP contribution in [0.4, 0.5) is 5.69 Å². The number of amides is 2. The van der Waals surface area contributed by atoms with Crippen LogP contribution in [0.1, 0.15) is 51.2 Å². The van der Waals surface area contributed by atoms with Crippen molar-refractivity contribution in [1.29, 1.82) is 0 Å². The zero-order valence-corrected chi connectivity index (χ0v) is 18.9. The summed E-state index contributed by atoms with van der Waals surface area (Å²) in [4.78, 5) is 33.4. The van der Waals surface area contributed by atoms with Gasteiger partial charge in [0, 0.05) is 27.6 Å². The lowest BCUT2D eigenvalue weighted by atomic mass is 9.83. The van der Waals surface area contributed by atoms with Crippen LogP contribution < -0.4 is 10.2 Å². The van der Waals surface area contributed by atoms with Gasteiger partial charge in [-0.3, -0.25) is 19.5 Å². The van der Waals surface area contributed by atoms with Crippen LogP contribution in [0.15, 0.2) is 53.5 Å². The van der Waals surface area contributed by atoms with Gasteiger partial charge in [0.05, 0.1) is 17.9 Å². The Morgan fingerprint density at radius 3 is 2.42 bits per heavy atom. The van der Waals surface area contributed by atoms with Crippen molar-refractivity contribution in [3.8, 4) is 0 Å². The number of aliphatic imine (C=N–C) groups is 1. The highest BCUT2D eigenvalue weighted by Crippen LogP contribution is 2.36. The van der Waals surface area contributed by atoms with Crippen LogP contribution in [-0.4, -0.2) is 35.7 Å². The Labute approximate surface area is 188 Å². The van der Waals surface area contributed by atoms with Crippen molar-refractivity contribution in [3.63, 3.8) is 0 Å². The van der Waals surface area contributed by atoms with Gasteiger partial charge in [-0.05, 0) is 51.8 Å². The van der Waals surface area contributed by atoms with Gasteiger partial charge in [0.25, 0.3) is 0 Å². The summed E-state index contributed by atoms with van der Waals surface area (Å²) in [6.45, 7) is 6.00. The predicted molar refractivity (Wildman–Crippen MR) is 125 cm³/mol. The molecule has 0 aromatic heterocycles. The first-order chi connectivity index (χ1) is 14.7. The number of carbonyl (C=O) groups excluding carboxylic acids is 2.